The van der Waals surface area contributed by atoms with Gasteiger partial charge >= 0.3 is 0 Å². The van der Waals surface area contributed by atoms with Gasteiger partial charge in [0.1, 0.15) is 19.3 Å². The number of piperidine rings is 1. The number of fused-ring (bicyclic) bond motifs is 1. The van der Waals surface area contributed by atoms with Crippen molar-refractivity contribution in [2.75, 3.05) is 72.6 Å². The molecule has 1 fully saturated rings. The maximum Gasteiger partial charge on any atom is 0.265 e. The van der Waals surface area contributed by atoms with E-state index in [9.17, 15) is 28.0 Å². The summed E-state index contributed by atoms with van der Waals surface area (Å²) in [7, 11) is 0. The first-order valence-corrected chi connectivity index (χ1v) is 16.2. The van der Waals surface area contributed by atoms with Crippen LogP contribution in [0.25, 0.3) is 0 Å². The fourth-order valence-corrected chi connectivity index (χ4v) is 4.75. The Morgan fingerprint density at radius 2 is 1.46 bits per heavy atom. The Labute approximate surface area is 287 Å². The molecular weight excluding hydrogens is 669 g/mol. The standard InChI is InChI=1S/C33H43F3N4O10/c1-4-6-7-24(38-21(3)20-37-5-2)49-18-16-47-14-12-45-10-11-46-13-15-48-17-19-50-30-28(35)26-25(27(34)29(30)36)32(43)40(33(26)44)22-8-9-23(41)39-31(22)42/h5-7,21-22,37H,2,4,8-20H2,1,3H3,(H,39,41,42)/b7-6-,38-24?. The van der Waals surface area contributed by atoms with Crippen molar-refractivity contribution in [3.05, 3.63) is 53.5 Å². The van der Waals surface area contributed by atoms with Crippen LogP contribution in [0.5, 0.6) is 5.75 Å². The van der Waals surface area contributed by atoms with Crippen molar-refractivity contribution in [2.24, 2.45) is 4.99 Å². The first-order valence-electron chi connectivity index (χ1n) is 16.2. The second-order valence-electron chi connectivity index (χ2n) is 10.9. The molecule has 0 radical (unpaired) electrons. The molecule has 2 unspecified atom stereocenters. The molecule has 1 aromatic rings. The van der Waals surface area contributed by atoms with Crippen LogP contribution in [0.3, 0.4) is 0 Å². The predicted octanol–water partition coefficient (Wildman–Crippen LogP) is 2.45. The number of hydrogen-bond acceptors (Lipinski definition) is 12. The smallest absolute Gasteiger partial charge is 0.265 e. The summed E-state index contributed by atoms with van der Waals surface area (Å²) in [6.07, 6.45) is 5.84. The number of imide groups is 2. The first-order chi connectivity index (χ1) is 24.1. The number of hydrogen-bond donors (Lipinski definition) is 2. The van der Waals surface area contributed by atoms with Gasteiger partial charge < -0.3 is 33.7 Å². The minimum absolute atomic E-state index is 0.0137. The number of nitrogens with one attached hydrogen (secondary N) is 2. The van der Waals surface area contributed by atoms with Crippen LogP contribution < -0.4 is 15.4 Å². The fraction of sp³-hybridized carbons (Fsp3) is 0.545. The van der Waals surface area contributed by atoms with E-state index >= 15 is 4.39 Å². The van der Waals surface area contributed by atoms with E-state index in [1.807, 2.05) is 31.3 Å². The number of ether oxygens (including phenoxy) is 6. The number of allylic oxidation sites excluding steroid dienone is 1. The van der Waals surface area contributed by atoms with Crippen LogP contribution >= 0.6 is 0 Å². The van der Waals surface area contributed by atoms with E-state index in [-0.39, 0.29) is 45.3 Å². The van der Waals surface area contributed by atoms with Crippen LogP contribution in [0.4, 0.5) is 13.2 Å². The van der Waals surface area contributed by atoms with Gasteiger partial charge in [-0.25, -0.2) is 13.8 Å². The molecule has 0 bridgehead atoms. The van der Waals surface area contributed by atoms with Crippen LogP contribution in [0.2, 0.25) is 0 Å². The Kier molecular flexibility index (Phi) is 16.9. The monoisotopic (exact) mass is 712 g/mol. The third-order valence-electron chi connectivity index (χ3n) is 7.14. The number of aliphatic imine (C=N–C) groups is 1. The van der Waals surface area contributed by atoms with Gasteiger partial charge in [-0.2, -0.15) is 4.39 Å². The molecule has 14 nitrogen and oxygen atoms in total. The highest BCUT2D eigenvalue weighted by Gasteiger charge is 2.49. The molecule has 17 heteroatoms. The minimum atomic E-state index is -1.81. The zero-order chi connectivity index (χ0) is 36.5. The zero-order valence-corrected chi connectivity index (χ0v) is 28.1. The van der Waals surface area contributed by atoms with Gasteiger partial charge in [-0.1, -0.05) is 19.6 Å². The van der Waals surface area contributed by atoms with Gasteiger partial charge in [0.15, 0.2) is 17.4 Å². The highest BCUT2D eigenvalue weighted by molar-refractivity contribution is 6.23. The van der Waals surface area contributed by atoms with E-state index in [4.69, 9.17) is 28.4 Å². The van der Waals surface area contributed by atoms with Crippen molar-refractivity contribution in [1.82, 2.24) is 15.5 Å². The average molecular weight is 713 g/mol. The lowest BCUT2D eigenvalue weighted by atomic mass is 10.0. The normalized spacial score (nSPS) is 16.9. The fourth-order valence-electron chi connectivity index (χ4n) is 4.75. The Hall–Kier alpha value is -4.32. The molecule has 0 spiro atoms. The van der Waals surface area contributed by atoms with Crippen LogP contribution in [-0.4, -0.2) is 119 Å². The Morgan fingerprint density at radius 1 is 0.900 bits per heavy atom. The molecule has 3 rings (SSSR count). The molecule has 0 aliphatic carbocycles. The zero-order valence-electron chi connectivity index (χ0n) is 28.1. The van der Waals surface area contributed by atoms with Gasteiger partial charge in [0.05, 0.1) is 70.0 Å². The molecule has 2 aliphatic rings. The van der Waals surface area contributed by atoms with Crippen LogP contribution in [0.1, 0.15) is 53.8 Å². The van der Waals surface area contributed by atoms with Gasteiger partial charge in [-0.3, -0.25) is 29.4 Å². The van der Waals surface area contributed by atoms with Gasteiger partial charge in [-0.15, -0.1) is 0 Å². The van der Waals surface area contributed by atoms with Crippen molar-refractivity contribution in [3.63, 3.8) is 0 Å². The third-order valence-corrected chi connectivity index (χ3v) is 7.14. The lowest BCUT2D eigenvalue weighted by Gasteiger charge is -2.27. The van der Waals surface area contributed by atoms with Crippen molar-refractivity contribution >= 4 is 29.5 Å². The van der Waals surface area contributed by atoms with E-state index in [0.29, 0.717) is 50.4 Å². The van der Waals surface area contributed by atoms with Crippen molar-refractivity contribution in [3.8, 4) is 5.75 Å². The maximum atomic E-state index is 15.2. The molecule has 276 valence electrons. The Bertz CT molecular complexity index is 1420. The second kappa shape index (κ2) is 21.0. The second-order valence-corrected chi connectivity index (χ2v) is 10.9. The van der Waals surface area contributed by atoms with Crippen LogP contribution in [0.15, 0.2) is 29.9 Å². The number of amides is 4. The van der Waals surface area contributed by atoms with Crippen molar-refractivity contribution < 1.29 is 60.8 Å². The summed E-state index contributed by atoms with van der Waals surface area (Å²) in [6, 6.07) is -1.47. The summed E-state index contributed by atoms with van der Waals surface area (Å²) in [5, 5.41) is 4.97. The number of carbonyl (C=O) groups is 4. The molecule has 4 amide bonds. The van der Waals surface area contributed by atoms with E-state index < -0.39 is 70.6 Å². The van der Waals surface area contributed by atoms with E-state index in [2.05, 4.69) is 16.9 Å². The summed E-state index contributed by atoms with van der Waals surface area (Å²) < 4.78 is 77.0. The largest absolute Gasteiger partial charge is 0.485 e. The molecule has 2 heterocycles. The molecule has 0 saturated carbocycles. The molecule has 0 aromatic heterocycles. The summed E-state index contributed by atoms with van der Waals surface area (Å²) in [5.41, 5.74) is -2.20. The van der Waals surface area contributed by atoms with Gasteiger partial charge in [0.2, 0.25) is 23.5 Å². The minimum Gasteiger partial charge on any atom is -0.485 e. The van der Waals surface area contributed by atoms with E-state index in [0.717, 1.165) is 6.42 Å². The Morgan fingerprint density at radius 3 is 2.02 bits per heavy atom. The molecule has 1 saturated heterocycles. The van der Waals surface area contributed by atoms with Gasteiger partial charge in [0, 0.05) is 13.0 Å². The van der Waals surface area contributed by atoms with Gasteiger partial charge in [0.25, 0.3) is 11.8 Å². The molecule has 2 atom stereocenters. The van der Waals surface area contributed by atoms with Crippen LogP contribution in [-0.2, 0) is 33.3 Å². The summed E-state index contributed by atoms with van der Waals surface area (Å²) in [5.74, 6) is -10.2. The van der Waals surface area contributed by atoms with E-state index in [1.165, 1.54) is 0 Å². The number of rotatable bonds is 23. The van der Waals surface area contributed by atoms with Crippen LogP contribution in [0, 0.1) is 17.5 Å². The topological polar surface area (TPSA) is 163 Å². The highest BCUT2D eigenvalue weighted by atomic mass is 19.2. The first kappa shape index (κ1) is 40.1. The van der Waals surface area contributed by atoms with Crippen molar-refractivity contribution in [1.29, 1.82) is 0 Å². The number of halogens is 3. The summed E-state index contributed by atoms with van der Waals surface area (Å²) >= 11 is 0. The number of nitrogens with zero attached hydrogens (tertiary/aromatic N) is 2. The number of carbonyl (C=O) groups excluding carboxylic acids is 4. The predicted molar refractivity (Wildman–Crippen MR) is 172 cm³/mol. The molecule has 1 aromatic carbocycles. The average Bonchev–Trinajstić information content (AvgIpc) is 3.35. The van der Waals surface area contributed by atoms with E-state index in [1.54, 1.807) is 6.20 Å². The Balaban J connectivity index is 1.27. The maximum absolute atomic E-state index is 15.2. The van der Waals surface area contributed by atoms with Crippen molar-refractivity contribution in [2.45, 2.75) is 45.2 Å². The molecule has 2 N–H and O–H groups in total. The SMILES string of the molecule is C=CNCC(C)N=C(/C=C\CC)OCCOCCOCCOCCOCCOc1c(F)c(F)c2c(c1F)C(=O)N(C1CCC(=O)NC1=O)C2=O. The quantitative estimate of drug-likeness (QED) is 0.0564. The summed E-state index contributed by atoms with van der Waals surface area (Å²) in [6.45, 7) is 9.95. The molecule has 2 aliphatic heterocycles. The molecule has 50 heavy (non-hydrogen) atoms. The lowest BCUT2D eigenvalue weighted by molar-refractivity contribution is -0.136. The third kappa shape index (κ3) is 11.4. The summed E-state index contributed by atoms with van der Waals surface area (Å²) in [4.78, 5) is 54.0. The number of benzene rings is 1. The van der Waals surface area contributed by atoms with Gasteiger partial charge in [-0.05, 0) is 32.0 Å². The highest BCUT2D eigenvalue weighted by Crippen LogP contribution is 2.37. The molecular formula is C33H43F3N4O10. The lowest BCUT2D eigenvalue weighted by Crippen LogP contribution is -2.54.